The minimum absolute atomic E-state index is 0.168. The summed E-state index contributed by atoms with van der Waals surface area (Å²) in [6.45, 7) is 8.16. The molecule has 0 spiro atoms. The number of nitrogens with zero attached hydrogens (tertiary/aromatic N) is 3. The number of aromatic nitrogens is 2. The van der Waals surface area contributed by atoms with Crippen LogP contribution in [0.4, 0.5) is 5.82 Å². The smallest absolute Gasteiger partial charge is 0.214 e. The highest BCUT2D eigenvalue weighted by Crippen LogP contribution is 2.21. The Morgan fingerprint density at radius 2 is 2.09 bits per heavy atom. The van der Waals surface area contributed by atoms with Crippen LogP contribution in [0.15, 0.2) is 6.07 Å². The second kappa shape index (κ2) is 7.11. The Kier molecular flexibility index (Phi) is 5.59. The molecule has 0 aromatic carbocycles. The fraction of sp³-hybridized carbons (Fsp3) is 0.733. The van der Waals surface area contributed by atoms with Gasteiger partial charge in [0.1, 0.15) is 11.6 Å². The average Bonchev–Trinajstić information content (AvgIpc) is 2.77. The van der Waals surface area contributed by atoms with Crippen molar-refractivity contribution in [1.29, 1.82) is 0 Å². The molecule has 7 nitrogen and oxygen atoms in total. The van der Waals surface area contributed by atoms with E-state index in [-0.39, 0.29) is 11.2 Å². The molecule has 0 radical (unpaired) electrons. The zero-order valence-electron chi connectivity index (χ0n) is 14.3. The monoisotopic (exact) mass is 342 g/mol. The van der Waals surface area contributed by atoms with Crippen LogP contribution in [0.1, 0.15) is 38.7 Å². The van der Waals surface area contributed by atoms with E-state index in [0.717, 1.165) is 11.5 Å². The Balaban J connectivity index is 2.05. The number of hydrogen-bond donors (Lipinski definition) is 1. The van der Waals surface area contributed by atoms with Gasteiger partial charge in [0.15, 0.2) is 0 Å². The topological polar surface area (TPSA) is 84.4 Å². The molecular formula is C15H26N4O3S. The van der Waals surface area contributed by atoms with Gasteiger partial charge >= 0.3 is 0 Å². The minimum atomic E-state index is -3.05. The first-order chi connectivity index (χ1) is 10.7. The van der Waals surface area contributed by atoms with Crippen LogP contribution >= 0.6 is 0 Å². The number of ether oxygens (including phenoxy) is 1. The molecule has 1 N–H and O–H groups in total. The van der Waals surface area contributed by atoms with Gasteiger partial charge in [0, 0.05) is 38.2 Å². The number of hydrogen-bond acceptors (Lipinski definition) is 6. The van der Waals surface area contributed by atoms with Crippen molar-refractivity contribution in [2.45, 2.75) is 39.2 Å². The minimum Gasteiger partial charge on any atom is -0.378 e. The van der Waals surface area contributed by atoms with Gasteiger partial charge in [-0.15, -0.1) is 0 Å². The van der Waals surface area contributed by atoms with Crippen LogP contribution in [0.2, 0.25) is 0 Å². The van der Waals surface area contributed by atoms with Crippen LogP contribution in [-0.2, 0) is 26.8 Å². The maximum absolute atomic E-state index is 11.8. The van der Waals surface area contributed by atoms with Crippen LogP contribution in [-0.4, -0.2) is 55.2 Å². The fourth-order valence-corrected chi connectivity index (χ4v) is 3.93. The lowest BCUT2D eigenvalue weighted by atomic mass is 9.95. The van der Waals surface area contributed by atoms with Gasteiger partial charge in [-0.1, -0.05) is 20.8 Å². The molecule has 1 saturated heterocycles. The summed E-state index contributed by atoms with van der Waals surface area (Å²) < 4.78 is 30.3. The molecule has 0 amide bonds. The first kappa shape index (κ1) is 18.1. The molecule has 0 saturated carbocycles. The molecule has 1 fully saturated rings. The summed E-state index contributed by atoms with van der Waals surface area (Å²) in [6.07, 6.45) is 0.710. The van der Waals surface area contributed by atoms with Crippen LogP contribution in [0.25, 0.3) is 0 Å². The molecule has 2 rings (SSSR count). The lowest BCUT2D eigenvalue weighted by molar-refractivity contribution is 0.181. The first-order valence-corrected chi connectivity index (χ1v) is 9.42. The molecule has 1 aliphatic heterocycles. The molecule has 0 unspecified atom stereocenters. The van der Waals surface area contributed by atoms with E-state index in [0.29, 0.717) is 38.5 Å². The van der Waals surface area contributed by atoms with Crippen molar-refractivity contribution < 1.29 is 13.2 Å². The van der Waals surface area contributed by atoms with E-state index >= 15 is 0 Å². The van der Waals surface area contributed by atoms with Crippen molar-refractivity contribution in [2.24, 2.45) is 0 Å². The summed E-state index contributed by atoms with van der Waals surface area (Å²) >= 11 is 0. The van der Waals surface area contributed by atoms with E-state index in [1.54, 1.807) is 7.11 Å². The third-order valence-electron chi connectivity index (χ3n) is 3.61. The van der Waals surface area contributed by atoms with Crippen molar-refractivity contribution in [2.75, 3.05) is 37.8 Å². The third kappa shape index (κ3) is 4.86. The van der Waals surface area contributed by atoms with Crippen LogP contribution in [0.5, 0.6) is 0 Å². The van der Waals surface area contributed by atoms with Gasteiger partial charge in [0.25, 0.3) is 0 Å². The van der Waals surface area contributed by atoms with Gasteiger partial charge in [-0.2, -0.15) is 0 Å². The summed E-state index contributed by atoms with van der Waals surface area (Å²) in [6, 6.07) is 1.84. The quantitative estimate of drug-likeness (QED) is 0.840. The Hall–Kier alpha value is -1.25. The van der Waals surface area contributed by atoms with E-state index in [4.69, 9.17) is 4.74 Å². The molecule has 0 atom stereocenters. The zero-order valence-corrected chi connectivity index (χ0v) is 15.1. The number of nitrogens with one attached hydrogen (secondary N) is 1. The molecule has 8 heteroatoms. The van der Waals surface area contributed by atoms with E-state index < -0.39 is 10.0 Å². The molecule has 0 bridgehead atoms. The molecule has 0 aliphatic carbocycles. The number of sulfonamides is 1. The van der Waals surface area contributed by atoms with E-state index in [1.807, 2.05) is 6.07 Å². The summed E-state index contributed by atoms with van der Waals surface area (Å²) in [5.41, 5.74) is 0.641. The highest BCUT2D eigenvalue weighted by molar-refractivity contribution is 7.89. The van der Waals surface area contributed by atoms with Crippen molar-refractivity contribution in [3.63, 3.8) is 0 Å². The maximum Gasteiger partial charge on any atom is 0.214 e. The number of rotatable bonds is 6. The normalized spacial score (nSPS) is 18.3. The molecule has 1 aromatic heterocycles. The van der Waals surface area contributed by atoms with Gasteiger partial charge in [-0.3, -0.25) is 0 Å². The summed E-state index contributed by atoms with van der Waals surface area (Å²) in [5, 5.41) is 3.21. The largest absolute Gasteiger partial charge is 0.378 e. The van der Waals surface area contributed by atoms with Crippen LogP contribution in [0, 0.1) is 0 Å². The Morgan fingerprint density at radius 3 is 2.65 bits per heavy atom. The summed E-state index contributed by atoms with van der Waals surface area (Å²) in [7, 11) is -1.42. The van der Waals surface area contributed by atoms with Crippen LogP contribution in [0.3, 0.4) is 0 Å². The predicted octanol–water partition coefficient (Wildman–Crippen LogP) is 1.37. The summed E-state index contributed by atoms with van der Waals surface area (Å²) in [5.74, 6) is 1.70. The Morgan fingerprint density at radius 1 is 1.35 bits per heavy atom. The van der Waals surface area contributed by atoms with Crippen molar-refractivity contribution in [1.82, 2.24) is 14.3 Å². The van der Waals surface area contributed by atoms with Crippen molar-refractivity contribution in [3.05, 3.63) is 17.6 Å². The van der Waals surface area contributed by atoms with E-state index in [2.05, 4.69) is 36.1 Å². The van der Waals surface area contributed by atoms with E-state index in [9.17, 15) is 8.42 Å². The highest BCUT2D eigenvalue weighted by Gasteiger charge is 2.27. The Labute approximate surface area is 138 Å². The predicted molar refractivity (Wildman–Crippen MR) is 89.9 cm³/mol. The average molecular weight is 342 g/mol. The van der Waals surface area contributed by atoms with Crippen LogP contribution < -0.4 is 5.32 Å². The van der Waals surface area contributed by atoms with Crippen molar-refractivity contribution in [3.8, 4) is 0 Å². The second-order valence-corrected chi connectivity index (χ2v) is 8.84. The number of methoxy groups -OCH3 is 1. The zero-order chi connectivity index (χ0) is 17.1. The van der Waals surface area contributed by atoms with Gasteiger partial charge < -0.3 is 10.1 Å². The third-order valence-corrected chi connectivity index (χ3v) is 5.57. The Bertz CT molecular complexity index is 641. The standard InChI is InChI=1S/C15H26N4O3S/c1-15(2,3)14-17-12(11-22-4)10-13(18-14)16-6-8-19-7-5-9-23(19,20)21/h10H,5-9,11H2,1-4H3,(H,16,17,18). The molecule has 1 aliphatic rings. The van der Waals surface area contributed by atoms with Gasteiger partial charge in [-0.25, -0.2) is 22.7 Å². The SMILES string of the molecule is COCc1cc(NCCN2CCCS2(=O)=O)nc(C(C)(C)C)n1. The molecule has 23 heavy (non-hydrogen) atoms. The van der Waals surface area contributed by atoms with Gasteiger partial charge in [-0.05, 0) is 6.42 Å². The molecule has 1 aromatic rings. The summed E-state index contributed by atoms with van der Waals surface area (Å²) in [4.78, 5) is 9.06. The molecular weight excluding hydrogens is 316 g/mol. The maximum atomic E-state index is 11.8. The van der Waals surface area contributed by atoms with Gasteiger partial charge in [0.2, 0.25) is 10.0 Å². The lowest BCUT2D eigenvalue weighted by Crippen LogP contribution is -2.31. The highest BCUT2D eigenvalue weighted by atomic mass is 32.2. The van der Waals surface area contributed by atoms with E-state index in [1.165, 1.54) is 4.31 Å². The van der Waals surface area contributed by atoms with Crippen molar-refractivity contribution >= 4 is 15.8 Å². The molecule has 2 heterocycles. The first-order valence-electron chi connectivity index (χ1n) is 7.81. The lowest BCUT2D eigenvalue weighted by Gasteiger charge is -2.19. The second-order valence-electron chi connectivity index (χ2n) is 6.75. The fourth-order valence-electron chi connectivity index (χ4n) is 2.40. The number of anilines is 1. The molecule has 130 valence electrons. The van der Waals surface area contributed by atoms with Gasteiger partial charge in [0.05, 0.1) is 18.1 Å².